The van der Waals surface area contributed by atoms with Crippen molar-refractivity contribution in [2.75, 3.05) is 6.61 Å². The third kappa shape index (κ3) is 44.9. The highest BCUT2D eigenvalue weighted by Gasteiger charge is 2.22. The van der Waals surface area contributed by atoms with E-state index in [4.69, 9.17) is 0 Å². The number of unbranched alkanes of at least 4 members (excludes halogenated alkanes) is 42. The van der Waals surface area contributed by atoms with E-state index in [1.54, 1.807) is 6.08 Å². The average Bonchev–Trinajstić information content (AvgIpc) is 3.24. The fourth-order valence-corrected chi connectivity index (χ4v) is 8.66. The Morgan fingerprint density at radius 3 is 0.932 bits per heavy atom. The van der Waals surface area contributed by atoms with Crippen molar-refractivity contribution in [3.05, 3.63) is 12.2 Å². The highest BCUT2D eigenvalue weighted by molar-refractivity contribution is 5.80. The Labute approximate surface area is 369 Å². The lowest BCUT2D eigenvalue weighted by molar-refractivity contribution is -0.131. The van der Waals surface area contributed by atoms with E-state index in [9.17, 15) is 20.1 Å². The lowest BCUT2D eigenvalue weighted by Gasteiger charge is -2.21. The molecule has 0 fully saturated rings. The summed E-state index contributed by atoms with van der Waals surface area (Å²) in [6.45, 7) is 4.17. The molecule has 0 saturated heterocycles. The van der Waals surface area contributed by atoms with Gasteiger partial charge in [0.15, 0.2) is 0 Å². The molecule has 0 aromatic rings. The number of carbonyl (C=O) groups excluding carboxylic acids is 1. The van der Waals surface area contributed by atoms with Crippen molar-refractivity contribution in [2.45, 2.75) is 321 Å². The fraction of sp³-hybridized carbons (Fsp3) is 0.944. The smallest absolute Gasteiger partial charge is 0.249 e. The maximum absolute atomic E-state index is 12.4. The van der Waals surface area contributed by atoms with E-state index in [0.29, 0.717) is 6.42 Å². The molecule has 5 nitrogen and oxygen atoms in total. The van der Waals surface area contributed by atoms with E-state index in [-0.39, 0.29) is 6.61 Å². The first kappa shape index (κ1) is 58.1. The maximum Gasteiger partial charge on any atom is 0.249 e. The second-order valence-electron chi connectivity index (χ2n) is 18.8. The molecular formula is C54H107NO4. The lowest BCUT2D eigenvalue weighted by Crippen LogP contribution is -2.48. The van der Waals surface area contributed by atoms with E-state index in [1.165, 1.54) is 250 Å². The molecule has 0 aromatic heterocycles. The summed E-state index contributed by atoms with van der Waals surface area (Å²) in [5.41, 5.74) is 0. The van der Waals surface area contributed by atoms with E-state index in [1.807, 2.05) is 6.08 Å². The quantitative estimate of drug-likeness (QED) is 0.0363. The summed E-state index contributed by atoms with van der Waals surface area (Å²) in [6, 6.07) is -0.791. The topological polar surface area (TPSA) is 89.8 Å². The Morgan fingerprint density at radius 1 is 0.407 bits per heavy atom. The van der Waals surface area contributed by atoms with Crippen LogP contribution in [0.1, 0.15) is 303 Å². The Balaban J connectivity index is 3.38. The molecule has 0 spiro atoms. The van der Waals surface area contributed by atoms with Gasteiger partial charge in [-0.05, 0) is 19.3 Å². The highest BCUT2D eigenvalue weighted by atomic mass is 16.3. The van der Waals surface area contributed by atoms with E-state index in [0.717, 1.165) is 32.1 Å². The number of allylic oxidation sites excluding steroid dienone is 1. The van der Waals surface area contributed by atoms with Crippen LogP contribution >= 0.6 is 0 Å². The van der Waals surface area contributed by atoms with Crippen LogP contribution in [-0.2, 0) is 4.79 Å². The molecule has 3 unspecified atom stereocenters. The van der Waals surface area contributed by atoms with Crippen LogP contribution in [0.4, 0.5) is 0 Å². The van der Waals surface area contributed by atoms with Crippen LogP contribution in [0.25, 0.3) is 0 Å². The second-order valence-corrected chi connectivity index (χ2v) is 18.8. The van der Waals surface area contributed by atoms with Crippen LogP contribution in [-0.4, -0.2) is 46.1 Å². The van der Waals surface area contributed by atoms with Gasteiger partial charge in [-0.1, -0.05) is 296 Å². The SMILES string of the molecule is CCCCCCCCC/C=C/C(O)C(CO)NC(=O)C(O)CCCCCCCCCCCCCCCCCCCCCCCCCCCCCCCCCCCCCC. The molecule has 0 aliphatic carbocycles. The van der Waals surface area contributed by atoms with Gasteiger partial charge in [0.25, 0.3) is 0 Å². The van der Waals surface area contributed by atoms with Gasteiger partial charge in [0.2, 0.25) is 5.91 Å². The average molecular weight is 834 g/mol. The summed E-state index contributed by atoms with van der Waals surface area (Å²) in [4.78, 5) is 12.4. The zero-order valence-corrected chi connectivity index (χ0v) is 40.2. The first-order chi connectivity index (χ1) is 29.1. The number of nitrogens with one attached hydrogen (secondary N) is 1. The summed E-state index contributed by atoms with van der Waals surface area (Å²) < 4.78 is 0. The van der Waals surface area contributed by atoms with Crippen molar-refractivity contribution < 1.29 is 20.1 Å². The normalized spacial score (nSPS) is 13.4. The van der Waals surface area contributed by atoms with Gasteiger partial charge in [0.05, 0.1) is 18.8 Å². The van der Waals surface area contributed by atoms with Crippen LogP contribution in [0, 0.1) is 0 Å². The van der Waals surface area contributed by atoms with Gasteiger partial charge in [-0.3, -0.25) is 4.79 Å². The number of aliphatic hydroxyl groups is 3. The van der Waals surface area contributed by atoms with Gasteiger partial charge in [0.1, 0.15) is 6.10 Å². The summed E-state index contributed by atoms with van der Waals surface area (Å²) in [5.74, 6) is -0.500. The minimum absolute atomic E-state index is 0.360. The largest absolute Gasteiger partial charge is 0.394 e. The Morgan fingerprint density at radius 2 is 0.661 bits per heavy atom. The van der Waals surface area contributed by atoms with Gasteiger partial charge < -0.3 is 20.6 Å². The van der Waals surface area contributed by atoms with Gasteiger partial charge in [-0.2, -0.15) is 0 Å². The number of carbonyl (C=O) groups is 1. The van der Waals surface area contributed by atoms with Crippen molar-refractivity contribution in [1.82, 2.24) is 5.32 Å². The number of amides is 1. The summed E-state index contributed by atoms with van der Waals surface area (Å²) in [7, 11) is 0. The maximum atomic E-state index is 12.4. The van der Waals surface area contributed by atoms with E-state index in [2.05, 4.69) is 19.2 Å². The predicted octanol–water partition coefficient (Wildman–Crippen LogP) is 16.3. The third-order valence-corrected chi connectivity index (χ3v) is 12.9. The summed E-state index contributed by atoms with van der Waals surface area (Å²) >= 11 is 0. The Bertz CT molecular complexity index is 833. The van der Waals surface area contributed by atoms with Crippen LogP contribution in [0.15, 0.2) is 12.2 Å². The molecule has 59 heavy (non-hydrogen) atoms. The molecule has 0 aliphatic heterocycles. The molecule has 0 bridgehead atoms. The standard InChI is InChI=1S/C54H107NO4/c1-3-5-7-9-11-13-14-15-16-17-18-19-20-21-22-23-24-25-26-27-28-29-30-31-32-33-34-35-36-37-38-39-41-43-45-47-49-53(58)54(59)55-51(50-56)52(57)48-46-44-42-40-12-10-8-6-4-2/h46,48,51-53,56-58H,3-45,47,49-50H2,1-2H3,(H,55,59)/b48-46+. The molecular weight excluding hydrogens is 727 g/mol. The van der Waals surface area contributed by atoms with Crippen LogP contribution < -0.4 is 5.32 Å². The molecule has 0 aliphatic rings. The molecule has 0 radical (unpaired) electrons. The van der Waals surface area contributed by atoms with Crippen molar-refractivity contribution in [1.29, 1.82) is 0 Å². The van der Waals surface area contributed by atoms with Crippen LogP contribution in [0.2, 0.25) is 0 Å². The molecule has 0 saturated carbocycles. The van der Waals surface area contributed by atoms with Crippen molar-refractivity contribution in [3.63, 3.8) is 0 Å². The van der Waals surface area contributed by atoms with Gasteiger partial charge in [-0.15, -0.1) is 0 Å². The van der Waals surface area contributed by atoms with Gasteiger partial charge in [0, 0.05) is 0 Å². The molecule has 1 amide bonds. The van der Waals surface area contributed by atoms with E-state index < -0.39 is 24.2 Å². The molecule has 0 aromatic carbocycles. The predicted molar refractivity (Wildman–Crippen MR) is 259 cm³/mol. The lowest BCUT2D eigenvalue weighted by atomic mass is 10.0. The Kier molecular flexibility index (Phi) is 49.0. The fourth-order valence-electron chi connectivity index (χ4n) is 8.66. The van der Waals surface area contributed by atoms with Gasteiger partial charge in [-0.25, -0.2) is 0 Å². The summed E-state index contributed by atoms with van der Waals surface area (Å²) in [6.07, 6.45) is 61.8. The molecule has 4 N–H and O–H groups in total. The highest BCUT2D eigenvalue weighted by Crippen LogP contribution is 2.18. The van der Waals surface area contributed by atoms with Crippen molar-refractivity contribution >= 4 is 5.91 Å². The minimum atomic E-state index is -1.09. The molecule has 0 rings (SSSR count). The van der Waals surface area contributed by atoms with Crippen molar-refractivity contribution in [3.8, 4) is 0 Å². The number of hydrogen-bond donors (Lipinski definition) is 4. The molecule has 352 valence electrons. The molecule has 0 heterocycles. The number of rotatable bonds is 50. The molecule has 3 atom stereocenters. The van der Waals surface area contributed by atoms with Gasteiger partial charge >= 0.3 is 0 Å². The zero-order valence-electron chi connectivity index (χ0n) is 40.2. The monoisotopic (exact) mass is 834 g/mol. The zero-order chi connectivity index (χ0) is 43.0. The third-order valence-electron chi connectivity index (χ3n) is 12.9. The first-order valence-corrected chi connectivity index (χ1v) is 27.0. The van der Waals surface area contributed by atoms with Crippen molar-refractivity contribution in [2.24, 2.45) is 0 Å². The number of aliphatic hydroxyl groups excluding tert-OH is 3. The van der Waals surface area contributed by atoms with Crippen LogP contribution in [0.5, 0.6) is 0 Å². The number of hydrogen-bond acceptors (Lipinski definition) is 4. The summed E-state index contributed by atoms with van der Waals surface area (Å²) in [5, 5.41) is 33.1. The molecule has 5 heteroatoms. The second kappa shape index (κ2) is 49.7. The first-order valence-electron chi connectivity index (χ1n) is 27.0. The van der Waals surface area contributed by atoms with E-state index >= 15 is 0 Å². The Hall–Kier alpha value is -0.910. The minimum Gasteiger partial charge on any atom is -0.394 e. The van der Waals surface area contributed by atoms with Crippen LogP contribution in [0.3, 0.4) is 0 Å².